The van der Waals surface area contributed by atoms with E-state index in [1.54, 1.807) is 6.08 Å². The number of hydrogen-bond acceptors (Lipinski definition) is 16. The number of aliphatic hydroxyl groups is 3. The summed E-state index contributed by atoms with van der Waals surface area (Å²) < 4.78 is 89.5. The number of rotatable bonds is 2. The highest BCUT2D eigenvalue weighted by Crippen LogP contribution is 2.52. The van der Waals surface area contributed by atoms with Crippen LogP contribution < -0.4 is 0 Å². The molecule has 16 heteroatoms. The predicted octanol–water partition coefficient (Wildman–Crippen LogP) is 5.83. The molecule has 0 aromatic heterocycles. The summed E-state index contributed by atoms with van der Waals surface area (Å²) in [5.74, 6) is -0.482. The van der Waals surface area contributed by atoms with Crippen LogP contribution in [0.4, 0.5) is 0 Å². The fraction of sp³-hybridized carbons (Fsp3) is 0.800. The van der Waals surface area contributed by atoms with Gasteiger partial charge in [0.1, 0.15) is 54.4 Å². The normalized spacial score (nSPS) is 57.1. The number of hydrogen-bond donors (Lipinski definition) is 3. The molecule has 76 heavy (non-hydrogen) atoms. The first kappa shape index (κ1) is 53.1. The summed E-state index contributed by atoms with van der Waals surface area (Å²) in [6, 6.07) is 0. The van der Waals surface area contributed by atoms with Crippen LogP contribution in [0.5, 0.6) is 0 Å². The van der Waals surface area contributed by atoms with Crippen molar-refractivity contribution < 1.29 is 76.9 Å². The van der Waals surface area contributed by atoms with Crippen LogP contribution in [0.3, 0.4) is 0 Å². The largest absolute Gasteiger partial charge is 0.390 e. The topological polar surface area (TPSA) is 181 Å². The Balaban J connectivity index is 0.686. The highest BCUT2D eigenvalue weighted by molar-refractivity contribution is 5.18. The van der Waals surface area contributed by atoms with E-state index in [-0.39, 0.29) is 103 Å². The summed E-state index contributed by atoms with van der Waals surface area (Å²) in [7, 11) is 0. The lowest BCUT2D eigenvalue weighted by molar-refractivity contribution is -0.339. The van der Waals surface area contributed by atoms with Crippen molar-refractivity contribution in [1.29, 1.82) is 0 Å². The van der Waals surface area contributed by atoms with Crippen molar-refractivity contribution in [3.05, 3.63) is 73.4 Å². The molecule has 3 N–H and O–H groups in total. The molecule has 9 saturated heterocycles. The zero-order valence-corrected chi connectivity index (χ0v) is 44.9. The molecule has 13 aliphatic heterocycles. The van der Waals surface area contributed by atoms with Gasteiger partial charge in [0.15, 0.2) is 5.79 Å². The van der Waals surface area contributed by atoms with Crippen molar-refractivity contribution in [3.63, 3.8) is 0 Å². The first-order valence-electron chi connectivity index (χ1n) is 29.3. The molecule has 0 aromatic rings. The van der Waals surface area contributed by atoms with E-state index in [2.05, 4.69) is 64.7 Å². The van der Waals surface area contributed by atoms with Gasteiger partial charge in [0.05, 0.1) is 110 Å². The second kappa shape index (κ2) is 21.3. The van der Waals surface area contributed by atoms with Crippen molar-refractivity contribution in [3.8, 4) is 0 Å². The standard InChI is InChI=1S/C60H84O16/c1-7-8-13-34-14-11-17-41-56(65-34)53(63)57-49(69-41)26-43-40(72-57)21-20-38-39(67-43)19-18-37-35(66-38)15-9-10-16-36-45(68-37)28-50(61)59(6)51(71-36)29-46-47(75-59)25-30(2)24-42-44(70-46)27-48-54(73-42)32(4)52(62)58-55(74-48)31(3)33(5)60(76-58)22-12-23-64-60/h7-11,13-14,18-21,30-58,61-63H,1,12,15-17,22-29H2,2-6H3/b10-9-,13-8+. The minimum absolute atomic E-state index is 0.0983. The van der Waals surface area contributed by atoms with Crippen molar-refractivity contribution >= 4 is 0 Å². The van der Waals surface area contributed by atoms with Crippen LogP contribution in [-0.2, 0) is 61.6 Å². The molecule has 0 aromatic carbocycles. The summed E-state index contributed by atoms with van der Waals surface area (Å²) in [6.45, 7) is 15.2. The third-order valence-corrected chi connectivity index (χ3v) is 20.3. The molecule has 1 spiro atoms. The Bertz CT molecular complexity index is 2230. The summed E-state index contributed by atoms with van der Waals surface area (Å²) in [4.78, 5) is 0. The van der Waals surface area contributed by atoms with Crippen LogP contribution in [0.1, 0.15) is 105 Å². The average Bonchev–Trinajstić information content (AvgIpc) is 3.63. The SMILES string of the molecule is C=C/C=C/C1C=CCC2OC3CC4OC5C=CC6OC7CC(O)C8(C)OC9CC(C)CC%10OC%11C(CC%10OC9CC8OC7C/C=C\CC6OC5C=CC4OC3C(O)C2O1)OC1C(C)C(C)C2(CCCO2)OC1C(O)C%11C. The molecule has 13 rings (SSSR count). The van der Waals surface area contributed by atoms with Crippen molar-refractivity contribution in [2.75, 3.05) is 6.61 Å². The summed E-state index contributed by atoms with van der Waals surface area (Å²) in [5, 5.41) is 36.2. The number of fused-ring (bicyclic) bond motifs is 11. The molecule has 420 valence electrons. The van der Waals surface area contributed by atoms with E-state index in [0.717, 1.165) is 25.7 Å². The van der Waals surface area contributed by atoms with E-state index in [4.69, 9.17) is 61.6 Å². The molecule has 0 radical (unpaired) electrons. The van der Waals surface area contributed by atoms with E-state index >= 15 is 0 Å². The maximum absolute atomic E-state index is 12.4. The van der Waals surface area contributed by atoms with E-state index in [1.165, 1.54) is 0 Å². The Kier molecular flexibility index (Phi) is 14.9. The van der Waals surface area contributed by atoms with Crippen LogP contribution in [-0.4, -0.2) is 186 Å². The lowest BCUT2D eigenvalue weighted by atomic mass is 9.76. The predicted molar refractivity (Wildman–Crippen MR) is 275 cm³/mol. The van der Waals surface area contributed by atoms with Crippen LogP contribution >= 0.6 is 0 Å². The zero-order valence-electron chi connectivity index (χ0n) is 44.9. The molecule has 9 fully saturated rings. The minimum atomic E-state index is -1.01. The van der Waals surface area contributed by atoms with Crippen LogP contribution in [0.2, 0.25) is 0 Å². The Morgan fingerprint density at radius 2 is 1.13 bits per heavy atom. The lowest BCUT2D eigenvalue weighted by Gasteiger charge is -2.53. The monoisotopic (exact) mass is 1060 g/mol. The Morgan fingerprint density at radius 1 is 0.500 bits per heavy atom. The van der Waals surface area contributed by atoms with E-state index in [9.17, 15) is 15.3 Å². The Labute approximate surface area is 448 Å². The molecule has 13 heterocycles. The third-order valence-electron chi connectivity index (χ3n) is 20.3. The van der Waals surface area contributed by atoms with Crippen molar-refractivity contribution in [2.45, 2.75) is 269 Å². The lowest BCUT2D eigenvalue weighted by Crippen LogP contribution is -2.63. The van der Waals surface area contributed by atoms with Gasteiger partial charge in [-0.2, -0.15) is 0 Å². The van der Waals surface area contributed by atoms with Gasteiger partial charge in [-0.1, -0.05) is 101 Å². The highest BCUT2D eigenvalue weighted by Gasteiger charge is 2.62. The first-order chi connectivity index (χ1) is 36.8. The quantitative estimate of drug-likeness (QED) is 0.222. The van der Waals surface area contributed by atoms with E-state index in [1.807, 2.05) is 37.3 Å². The number of allylic oxidation sites excluding steroid dienone is 2. The van der Waals surface area contributed by atoms with Gasteiger partial charge in [0.2, 0.25) is 0 Å². The molecule has 31 atom stereocenters. The molecule has 0 aliphatic carbocycles. The van der Waals surface area contributed by atoms with Gasteiger partial charge in [-0.3, -0.25) is 0 Å². The Morgan fingerprint density at radius 3 is 1.92 bits per heavy atom. The number of aliphatic hydroxyl groups excluding tert-OH is 3. The smallest absolute Gasteiger partial charge is 0.171 e. The van der Waals surface area contributed by atoms with E-state index < -0.39 is 84.6 Å². The van der Waals surface area contributed by atoms with Gasteiger partial charge < -0.3 is 76.9 Å². The minimum Gasteiger partial charge on any atom is -0.390 e. The van der Waals surface area contributed by atoms with Gasteiger partial charge in [-0.15, -0.1) is 0 Å². The maximum atomic E-state index is 12.4. The molecule has 31 unspecified atom stereocenters. The molecule has 16 nitrogen and oxygen atoms in total. The number of ether oxygens (including phenoxy) is 13. The summed E-state index contributed by atoms with van der Waals surface area (Å²) in [6.07, 6.45) is 18.3. The fourth-order valence-corrected chi connectivity index (χ4v) is 15.8. The second-order valence-electron chi connectivity index (χ2n) is 25.1. The molecular weight excluding hydrogens is 977 g/mol. The van der Waals surface area contributed by atoms with Gasteiger partial charge in [-0.25, -0.2) is 0 Å². The van der Waals surface area contributed by atoms with E-state index in [0.29, 0.717) is 51.6 Å². The molecule has 0 saturated carbocycles. The van der Waals surface area contributed by atoms with Gasteiger partial charge >= 0.3 is 0 Å². The Hall–Kier alpha value is -2.20. The molecule has 0 bridgehead atoms. The van der Waals surface area contributed by atoms with Gasteiger partial charge in [0.25, 0.3) is 0 Å². The average molecular weight is 1060 g/mol. The van der Waals surface area contributed by atoms with Gasteiger partial charge in [0, 0.05) is 43.9 Å². The van der Waals surface area contributed by atoms with Crippen LogP contribution in [0.15, 0.2) is 73.4 Å². The highest BCUT2D eigenvalue weighted by atomic mass is 16.7. The van der Waals surface area contributed by atoms with Crippen molar-refractivity contribution in [2.24, 2.45) is 23.7 Å². The summed E-state index contributed by atoms with van der Waals surface area (Å²) in [5.41, 5.74) is -1.01. The van der Waals surface area contributed by atoms with Crippen molar-refractivity contribution in [1.82, 2.24) is 0 Å². The first-order valence-corrected chi connectivity index (χ1v) is 29.3. The molecule has 0 amide bonds. The fourth-order valence-electron chi connectivity index (χ4n) is 15.8. The van der Waals surface area contributed by atoms with Crippen LogP contribution in [0, 0.1) is 23.7 Å². The molecular formula is C60H84O16. The molecule has 13 aliphatic rings. The van der Waals surface area contributed by atoms with Crippen LogP contribution in [0.25, 0.3) is 0 Å². The van der Waals surface area contributed by atoms with Gasteiger partial charge in [-0.05, 0) is 57.3 Å². The zero-order chi connectivity index (χ0) is 52.2. The second-order valence-corrected chi connectivity index (χ2v) is 25.1. The summed E-state index contributed by atoms with van der Waals surface area (Å²) >= 11 is 0. The third kappa shape index (κ3) is 9.58. The maximum Gasteiger partial charge on any atom is 0.171 e.